The van der Waals surface area contributed by atoms with Crippen LogP contribution < -0.4 is 4.74 Å². The van der Waals surface area contributed by atoms with Gasteiger partial charge in [0.2, 0.25) is 0 Å². The normalized spacial score (nSPS) is 13.0. The molecular weight excluding hydrogens is 204 g/mol. The van der Waals surface area contributed by atoms with Gasteiger partial charge in [0.15, 0.2) is 0 Å². The van der Waals surface area contributed by atoms with Crippen molar-refractivity contribution in [1.29, 1.82) is 0 Å². The first-order valence-corrected chi connectivity index (χ1v) is 5.05. The molecule has 6 heteroatoms. The van der Waals surface area contributed by atoms with Crippen molar-refractivity contribution in [3.63, 3.8) is 0 Å². The lowest BCUT2D eigenvalue weighted by atomic mass is 10.3. The van der Waals surface area contributed by atoms with Crippen LogP contribution in [0.5, 0.6) is 5.75 Å². The summed E-state index contributed by atoms with van der Waals surface area (Å²) in [6.45, 7) is 0. The first kappa shape index (κ1) is 10.8. The minimum Gasteiger partial charge on any atom is -0.771 e. The SMILES string of the molecule is COc1ccccc1N=NCS(=O)[O-]. The van der Waals surface area contributed by atoms with Crippen LogP contribution in [-0.2, 0) is 11.1 Å². The Morgan fingerprint density at radius 2 is 2.21 bits per heavy atom. The second kappa shape index (κ2) is 5.46. The van der Waals surface area contributed by atoms with Gasteiger partial charge >= 0.3 is 0 Å². The predicted octanol–water partition coefficient (Wildman–Crippen LogP) is 1.62. The summed E-state index contributed by atoms with van der Waals surface area (Å²) in [5.74, 6) is 0.228. The van der Waals surface area contributed by atoms with Crippen LogP contribution >= 0.6 is 0 Å². The van der Waals surface area contributed by atoms with Crippen molar-refractivity contribution in [2.75, 3.05) is 13.0 Å². The number of para-hydroxylation sites is 1. The Balaban J connectivity index is 2.75. The first-order chi connectivity index (χ1) is 6.74. The summed E-state index contributed by atoms with van der Waals surface area (Å²) in [7, 11) is 1.51. The highest BCUT2D eigenvalue weighted by atomic mass is 32.2. The fourth-order valence-electron chi connectivity index (χ4n) is 0.865. The molecule has 0 spiro atoms. The largest absolute Gasteiger partial charge is 0.771 e. The molecule has 0 radical (unpaired) electrons. The van der Waals surface area contributed by atoms with Crippen molar-refractivity contribution < 1.29 is 13.5 Å². The number of nitrogens with zero attached hydrogens (tertiary/aromatic N) is 2. The Kier molecular flexibility index (Phi) is 4.21. The van der Waals surface area contributed by atoms with E-state index in [1.165, 1.54) is 7.11 Å². The molecule has 1 atom stereocenters. The van der Waals surface area contributed by atoms with Crippen LogP contribution in [0, 0.1) is 0 Å². The first-order valence-electron chi connectivity index (χ1n) is 3.80. The van der Waals surface area contributed by atoms with E-state index in [0.29, 0.717) is 11.4 Å². The van der Waals surface area contributed by atoms with Gasteiger partial charge in [0.1, 0.15) is 17.3 Å². The summed E-state index contributed by atoms with van der Waals surface area (Å²) >= 11 is -2.20. The van der Waals surface area contributed by atoms with Crippen molar-refractivity contribution >= 4 is 16.8 Å². The number of azo groups is 1. The summed E-state index contributed by atoms with van der Waals surface area (Å²) in [6.07, 6.45) is 0. The minimum atomic E-state index is -2.20. The molecule has 1 rings (SSSR count). The summed E-state index contributed by atoms with van der Waals surface area (Å²) in [5.41, 5.74) is 0.514. The molecule has 0 aliphatic carbocycles. The van der Waals surface area contributed by atoms with Crippen molar-refractivity contribution in [2.45, 2.75) is 0 Å². The van der Waals surface area contributed by atoms with Gasteiger partial charge in [0.25, 0.3) is 0 Å². The molecule has 1 unspecified atom stereocenters. The maximum absolute atomic E-state index is 10.2. The zero-order valence-electron chi connectivity index (χ0n) is 7.54. The Morgan fingerprint density at radius 3 is 2.86 bits per heavy atom. The quantitative estimate of drug-likeness (QED) is 0.563. The second-order valence-electron chi connectivity index (χ2n) is 2.35. The topological polar surface area (TPSA) is 74.1 Å². The van der Waals surface area contributed by atoms with Gasteiger partial charge in [-0.15, -0.1) is 0 Å². The Hall–Kier alpha value is -1.27. The predicted molar refractivity (Wildman–Crippen MR) is 51.3 cm³/mol. The molecule has 0 aliphatic heterocycles. The highest BCUT2D eigenvalue weighted by Crippen LogP contribution is 2.26. The van der Waals surface area contributed by atoms with Gasteiger partial charge in [-0.05, 0) is 23.2 Å². The standard InChI is InChI=1S/C8H10N2O3S/c1-13-8-5-3-2-4-7(8)10-9-6-14(11)12/h2-5H,6H2,1H3,(H,11,12)/p-1. The van der Waals surface area contributed by atoms with E-state index in [1.807, 2.05) is 0 Å². The monoisotopic (exact) mass is 213 g/mol. The van der Waals surface area contributed by atoms with Gasteiger partial charge in [-0.25, -0.2) is 0 Å². The molecule has 1 aromatic rings. The van der Waals surface area contributed by atoms with E-state index >= 15 is 0 Å². The maximum atomic E-state index is 10.2. The Morgan fingerprint density at radius 1 is 1.50 bits per heavy atom. The second-order valence-corrected chi connectivity index (χ2v) is 3.21. The molecular formula is C8H9N2O3S-. The smallest absolute Gasteiger partial charge is 0.146 e. The number of rotatable bonds is 4. The van der Waals surface area contributed by atoms with E-state index in [0.717, 1.165) is 0 Å². The molecule has 0 saturated heterocycles. The number of ether oxygens (including phenoxy) is 1. The molecule has 0 N–H and O–H groups in total. The molecule has 0 amide bonds. The highest BCUT2D eigenvalue weighted by Gasteiger charge is 1.97. The fourth-order valence-corrected chi connectivity index (χ4v) is 1.02. The zero-order chi connectivity index (χ0) is 10.4. The molecule has 5 nitrogen and oxygen atoms in total. The highest BCUT2D eigenvalue weighted by molar-refractivity contribution is 7.79. The van der Waals surface area contributed by atoms with Crippen LogP contribution in [0.2, 0.25) is 0 Å². The lowest BCUT2D eigenvalue weighted by molar-refractivity contribution is 0.415. The molecule has 14 heavy (non-hydrogen) atoms. The summed E-state index contributed by atoms with van der Waals surface area (Å²) in [5, 5.41) is 7.21. The molecule has 0 saturated carbocycles. The van der Waals surface area contributed by atoms with E-state index in [1.54, 1.807) is 24.3 Å². The van der Waals surface area contributed by atoms with Crippen LogP contribution in [0.4, 0.5) is 5.69 Å². The van der Waals surface area contributed by atoms with E-state index in [4.69, 9.17) is 4.74 Å². The van der Waals surface area contributed by atoms with Crippen molar-refractivity contribution in [2.24, 2.45) is 10.2 Å². The average molecular weight is 213 g/mol. The van der Waals surface area contributed by atoms with Gasteiger partial charge in [0.05, 0.1) is 7.11 Å². The Bertz CT molecular complexity index is 354. The summed E-state index contributed by atoms with van der Waals surface area (Å²) in [4.78, 5) is 0. The van der Waals surface area contributed by atoms with Gasteiger partial charge in [-0.3, -0.25) is 4.21 Å². The lowest BCUT2D eigenvalue weighted by Gasteiger charge is -2.02. The third-order valence-corrected chi connectivity index (χ3v) is 1.75. The van der Waals surface area contributed by atoms with E-state index < -0.39 is 11.1 Å². The number of methoxy groups -OCH3 is 1. The maximum Gasteiger partial charge on any atom is 0.146 e. The van der Waals surface area contributed by atoms with Crippen molar-refractivity contribution in [3.05, 3.63) is 24.3 Å². The van der Waals surface area contributed by atoms with E-state index in [-0.39, 0.29) is 5.88 Å². The molecule has 0 aromatic heterocycles. The molecule has 76 valence electrons. The van der Waals surface area contributed by atoms with Crippen LogP contribution in [0.3, 0.4) is 0 Å². The minimum absolute atomic E-state index is 0.335. The van der Waals surface area contributed by atoms with Crippen molar-refractivity contribution in [3.8, 4) is 5.75 Å². The van der Waals surface area contributed by atoms with Crippen LogP contribution in [0.15, 0.2) is 34.5 Å². The van der Waals surface area contributed by atoms with Gasteiger partial charge in [-0.1, -0.05) is 12.1 Å². The molecule has 1 aromatic carbocycles. The van der Waals surface area contributed by atoms with Gasteiger partial charge in [0, 0.05) is 0 Å². The third-order valence-electron chi connectivity index (χ3n) is 1.43. The fraction of sp³-hybridized carbons (Fsp3) is 0.250. The summed E-state index contributed by atoms with van der Waals surface area (Å²) in [6, 6.07) is 6.98. The van der Waals surface area contributed by atoms with Gasteiger partial charge in [-0.2, -0.15) is 10.2 Å². The molecule has 0 fully saturated rings. The molecule has 0 aliphatic rings. The zero-order valence-corrected chi connectivity index (χ0v) is 8.36. The number of hydrogen-bond acceptors (Lipinski definition) is 5. The summed E-state index contributed by atoms with van der Waals surface area (Å²) < 4.78 is 25.3. The molecule has 0 bridgehead atoms. The van der Waals surface area contributed by atoms with Crippen LogP contribution in [0.1, 0.15) is 0 Å². The van der Waals surface area contributed by atoms with Crippen molar-refractivity contribution in [1.82, 2.24) is 0 Å². The Labute approximate surface area is 84.1 Å². The number of benzene rings is 1. The third kappa shape index (κ3) is 3.23. The number of hydrogen-bond donors (Lipinski definition) is 0. The van der Waals surface area contributed by atoms with E-state index in [9.17, 15) is 8.76 Å². The van der Waals surface area contributed by atoms with Gasteiger partial charge < -0.3 is 9.29 Å². The van der Waals surface area contributed by atoms with E-state index in [2.05, 4.69) is 10.2 Å². The lowest BCUT2D eigenvalue weighted by Crippen LogP contribution is -1.89. The van der Waals surface area contributed by atoms with Crippen LogP contribution in [0.25, 0.3) is 0 Å². The van der Waals surface area contributed by atoms with Crippen LogP contribution in [-0.4, -0.2) is 21.7 Å². The average Bonchev–Trinajstić information content (AvgIpc) is 2.18. The molecule has 0 heterocycles.